The van der Waals surface area contributed by atoms with Crippen LogP contribution < -0.4 is 11.5 Å². The van der Waals surface area contributed by atoms with E-state index in [1.807, 2.05) is 0 Å². The first kappa shape index (κ1) is 38.5. The number of hydrogen-bond acceptors (Lipinski definition) is 7. The van der Waals surface area contributed by atoms with E-state index in [0.717, 1.165) is 0 Å². The van der Waals surface area contributed by atoms with Crippen molar-refractivity contribution in [1.82, 2.24) is 0 Å². The van der Waals surface area contributed by atoms with Gasteiger partial charge >= 0.3 is 19.7 Å². The van der Waals surface area contributed by atoms with Crippen molar-refractivity contribution in [3.63, 3.8) is 0 Å². The van der Waals surface area contributed by atoms with Gasteiger partial charge in [0.15, 0.2) is 5.11 Å². The summed E-state index contributed by atoms with van der Waals surface area (Å²) in [5.74, 6) is -12.2. The van der Waals surface area contributed by atoms with E-state index in [0.29, 0.717) is 79.3 Å². The minimum atomic E-state index is -6.12. The number of rotatable bonds is 3. The number of hydrogen-bond donors (Lipinski definition) is 2. The molecule has 0 bridgehead atoms. The Morgan fingerprint density at radius 1 is 0.472 bits per heavy atom. The van der Waals surface area contributed by atoms with Crippen molar-refractivity contribution in [2.24, 2.45) is 11.5 Å². The highest BCUT2D eigenvalue weighted by molar-refractivity contribution is 14.1. The summed E-state index contributed by atoms with van der Waals surface area (Å²) in [6, 6.07) is 0. The van der Waals surface area contributed by atoms with Gasteiger partial charge in [-0.2, -0.15) is 35.1 Å². The topological polar surface area (TPSA) is 107 Å². The monoisotopic (exact) mass is 794 g/mol. The van der Waals surface area contributed by atoms with Crippen LogP contribution in [0, 0.1) is 0 Å². The fraction of sp³-hybridized carbons (Fsp3) is 0.941. The summed E-state index contributed by atoms with van der Waals surface area (Å²) >= 11 is 3.46. The molecule has 8 nitrogen and oxygen atoms in total. The molecular formula is C17H28F8I2N2O6S. The van der Waals surface area contributed by atoms with Crippen molar-refractivity contribution in [3.8, 4) is 0 Å². The van der Waals surface area contributed by atoms with Gasteiger partial charge in [-0.3, -0.25) is 0 Å². The highest BCUT2D eigenvalue weighted by Gasteiger charge is 2.79. The molecule has 0 radical (unpaired) electrons. The molecule has 4 N–H and O–H groups in total. The van der Waals surface area contributed by atoms with Crippen LogP contribution in [0.25, 0.3) is 0 Å². The van der Waals surface area contributed by atoms with E-state index in [1.54, 1.807) is 0 Å². The van der Waals surface area contributed by atoms with Crippen LogP contribution in [0.2, 0.25) is 0 Å². The second kappa shape index (κ2) is 20.3. The van der Waals surface area contributed by atoms with Crippen molar-refractivity contribution in [2.75, 3.05) is 79.3 Å². The van der Waals surface area contributed by atoms with Gasteiger partial charge in [-0.1, -0.05) is 0 Å². The van der Waals surface area contributed by atoms with Crippen LogP contribution in [0.15, 0.2) is 0 Å². The molecular weight excluding hydrogens is 766 g/mol. The summed E-state index contributed by atoms with van der Waals surface area (Å²) in [5.41, 5.74) is 9.24. The van der Waals surface area contributed by atoms with E-state index in [4.69, 9.17) is 28.4 Å². The van der Waals surface area contributed by atoms with Crippen LogP contribution in [-0.2, 0) is 28.4 Å². The summed E-state index contributed by atoms with van der Waals surface area (Å²) in [5, 5.41) is 0.000000000000000222. The van der Waals surface area contributed by atoms with Gasteiger partial charge in [0.2, 0.25) is 0 Å². The predicted molar refractivity (Wildman–Crippen MR) is 134 cm³/mol. The fourth-order valence-electron chi connectivity index (χ4n) is 1.68. The van der Waals surface area contributed by atoms with Crippen molar-refractivity contribution < 1.29 is 63.5 Å². The van der Waals surface area contributed by atoms with Crippen LogP contribution in [-0.4, -0.2) is 104 Å². The molecule has 0 amide bonds. The number of halogens is 10. The third-order valence-electron chi connectivity index (χ3n) is 3.34. The molecule has 0 atom stereocenters. The molecule has 1 saturated heterocycles. The molecule has 36 heavy (non-hydrogen) atoms. The van der Waals surface area contributed by atoms with E-state index in [1.165, 1.54) is 0 Å². The van der Waals surface area contributed by atoms with Gasteiger partial charge in [0.05, 0.1) is 79.3 Å². The number of thiocarbonyl (C=S) groups is 1. The molecule has 0 spiro atoms. The molecule has 1 aliphatic rings. The standard InChI is InChI=1S/C12H24O6.C4F8I2.CH4N2S/c1-2-14-5-6-16-9-10-18-12-11-17-8-7-15-4-3-13-1;5-1(6,3(9,10)13)2(7,8)4(11,12)14;2-1(3)4/h1-12H2;;(H4,2,3,4). The average molecular weight is 794 g/mol. The first-order valence-corrected chi connectivity index (χ1v) is 12.5. The summed E-state index contributed by atoms with van der Waals surface area (Å²) in [6.07, 6.45) is 0. The van der Waals surface area contributed by atoms with Crippen LogP contribution in [0.5, 0.6) is 0 Å². The third-order valence-corrected chi connectivity index (χ3v) is 4.69. The molecule has 0 saturated carbocycles. The second-order valence-electron chi connectivity index (χ2n) is 6.22. The van der Waals surface area contributed by atoms with Crippen molar-refractivity contribution in [1.29, 1.82) is 0 Å². The van der Waals surface area contributed by atoms with Crippen LogP contribution in [0.4, 0.5) is 35.1 Å². The number of ether oxygens (including phenoxy) is 6. The largest absolute Gasteiger partial charge is 0.388 e. The molecule has 1 aliphatic heterocycles. The maximum absolute atomic E-state index is 12.2. The number of nitrogens with two attached hydrogens (primary N) is 2. The maximum atomic E-state index is 12.2. The molecule has 1 fully saturated rings. The molecule has 0 aromatic carbocycles. The van der Waals surface area contributed by atoms with E-state index in [2.05, 4.69) is 23.7 Å². The zero-order valence-electron chi connectivity index (χ0n) is 18.8. The van der Waals surface area contributed by atoms with Gasteiger partial charge in [-0.15, -0.1) is 0 Å². The fourth-order valence-corrected chi connectivity index (χ4v) is 2.35. The summed E-state index contributed by atoms with van der Waals surface area (Å²) < 4.78 is 118. The highest BCUT2D eigenvalue weighted by Crippen LogP contribution is 2.56. The Hall–Kier alpha value is 0.350. The van der Waals surface area contributed by atoms with Crippen molar-refractivity contribution in [2.45, 2.75) is 19.7 Å². The molecule has 19 heteroatoms. The van der Waals surface area contributed by atoms with Gasteiger partial charge < -0.3 is 39.9 Å². The first-order chi connectivity index (χ1) is 16.5. The Labute approximate surface area is 235 Å². The van der Waals surface area contributed by atoms with Crippen LogP contribution in [0.1, 0.15) is 0 Å². The van der Waals surface area contributed by atoms with E-state index >= 15 is 0 Å². The van der Waals surface area contributed by atoms with Gasteiger partial charge in [0, 0.05) is 45.2 Å². The smallest absolute Gasteiger partial charge is 0.377 e. The van der Waals surface area contributed by atoms with Crippen molar-refractivity contribution in [3.05, 3.63) is 0 Å². The summed E-state index contributed by atoms with van der Waals surface area (Å²) in [4.78, 5) is 0. The second-order valence-corrected chi connectivity index (χ2v) is 9.40. The molecule has 1 rings (SSSR count). The normalized spacial score (nSPS) is 18.8. The molecule has 0 aliphatic carbocycles. The minimum absolute atomic E-state index is 0.000000000000000222. The lowest BCUT2D eigenvalue weighted by molar-refractivity contribution is -0.312. The van der Waals surface area contributed by atoms with Gasteiger partial charge in [-0.25, -0.2) is 0 Å². The van der Waals surface area contributed by atoms with E-state index in [9.17, 15) is 35.1 Å². The first-order valence-electron chi connectivity index (χ1n) is 9.89. The lowest BCUT2D eigenvalue weighted by Gasteiger charge is -2.31. The van der Waals surface area contributed by atoms with Gasteiger partial charge in [0.25, 0.3) is 0 Å². The Balaban J connectivity index is 0. The van der Waals surface area contributed by atoms with Crippen LogP contribution in [0.3, 0.4) is 0 Å². The SMILES string of the molecule is C1COCCOCCOCCOCCOCCO1.FC(F)(I)C(F)(F)C(F)(F)C(F)(F)I.NC(N)=S. The molecule has 1 heterocycles. The predicted octanol–water partition coefficient (Wildman–Crippen LogP) is 3.60. The molecule has 218 valence electrons. The Kier molecular flexibility index (Phi) is 21.7. The maximum Gasteiger partial charge on any atom is 0.388 e. The zero-order valence-corrected chi connectivity index (χ0v) is 23.9. The van der Waals surface area contributed by atoms with E-state index < -0.39 is 19.7 Å². The summed E-state index contributed by atoms with van der Waals surface area (Å²) in [6.45, 7) is 7.04. The van der Waals surface area contributed by atoms with Crippen molar-refractivity contribution >= 4 is 62.5 Å². The lowest BCUT2D eigenvalue weighted by Crippen LogP contribution is -2.58. The minimum Gasteiger partial charge on any atom is -0.377 e. The average Bonchev–Trinajstić information content (AvgIpc) is 2.72. The Morgan fingerprint density at radius 2 is 0.583 bits per heavy atom. The third kappa shape index (κ3) is 18.6. The molecule has 0 aromatic heterocycles. The van der Waals surface area contributed by atoms with Crippen LogP contribution >= 0.6 is 57.4 Å². The molecule has 0 aromatic rings. The Morgan fingerprint density at radius 3 is 0.667 bits per heavy atom. The lowest BCUT2D eigenvalue weighted by atomic mass is 10.2. The quantitative estimate of drug-likeness (QED) is 0.192. The highest BCUT2D eigenvalue weighted by atomic mass is 127. The van der Waals surface area contributed by atoms with Gasteiger partial charge in [-0.05, 0) is 12.2 Å². The number of alkyl halides is 10. The Bertz CT molecular complexity index is 475. The van der Waals surface area contributed by atoms with E-state index in [-0.39, 0.29) is 50.3 Å². The molecule has 0 unspecified atom stereocenters. The van der Waals surface area contributed by atoms with Gasteiger partial charge in [0.1, 0.15) is 0 Å². The zero-order chi connectivity index (χ0) is 28.3. The summed E-state index contributed by atoms with van der Waals surface area (Å²) in [7, 11) is 0.